The van der Waals surface area contributed by atoms with Crippen molar-refractivity contribution in [3.05, 3.63) is 65.2 Å². The van der Waals surface area contributed by atoms with E-state index in [0.717, 1.165) is 19.0 Å². The van der Waals surface area contributed by atoms with Crippen molar-refractivity contribution in [1.82, 2.24) is 0 Å². The van der Waals surface area contributed by atoms with Gasteiger partial charge in [0, 0.05) is 18.2 Å². The van der Waals surface area contributed by atoms with Gasteiger partial charge in [0.15, 0.2) is 0 Å². The van der Waals surface area contributed by atoms with Gasteiger partial charge in [-0.1, -0.05) is 71.7 Å². The van der Waals surface area contributed by atoms with Crippen LogP contribution >= 0.6 is 0 Å². The molecule has 5 nitrogen and oxygen atoms in total. The Kier molecular flexibility index (Phi) is 14.8. The van der Waals surface area contributed by atoms with Gasteiger partial charge >= 0.3 is 10.5 Å². The number of benzene rings is 2. The van der Waals surface area contributed by atoms with Crippen LogP contribution in [0.4, 0.5) is 5.69 Å². The van der Waals surface area contributed by atoms with Gasteiger partial charge < -0.3 is 11.1 Å². The van der Waals surface area contributed by atoms with Crippen molar-refractivity contribution in [3.8, 4) is 0 Å². The van der Waals surface area contributed by atoms with E-state index in [1.165, 1.54) is 41.6 Å². The Balaban J connectivity index is 0. The number of aryl methyl sites for hydroxylation is 1. The maximum Gasteiger partial charge on any atom is 0.308 e. The molecule has 0 bridgehead atoms. The Hall–Kier alpha value is -2.18. The van der Waals surface area contributed by atoms with Gasteiger partial charge in [-0.3, -0.25) is 0 Å². The Morgan fingerprint density at radius 3 is 2.14 bits per heavy atom. The molecule has 1 heterocycles. The third-order valence-electron chi connectivity index (χ3n) is 4.97. The highest BCUT2D eigenvalue weighted by Crippen LogP contribution is 2.32. The van der Waals surface area contributed by atoms with Gasteiger partial charge in [0.05, 0.1) is 0 Å². The lowest BCUT2D eigenvalue weighted by atomic mass is 9.99. The van der Waals surface area contributed by atoms with E-state index in [9.17, 15) is 0 Å². The van der Waals surface area contributed by atoms with E-state index in [-0.39, 0.29) is 22.3 Å². The summed E-state index contributed by atoms with van der Waals surface area (Å²) in [7, 11) is -2.61. The molecule has 164 valence electrons. The predicted molar refractivity (Wildman–Crippen MR) is 126 cm³/mol. The Bertz CT molecular complexity index is 760. The predicted octanol–water partition coefficient (Wildman–Crippen LogP) is 5.82. The van der Waals surface area contributed by atoms with Crippen LogP contribution in [0.15, 0.2) is 48.5 Å². The summed E-state index contributed by atoms with van der Waals surface area (Å²) < 4.78 is 22.8. The van der Waals surface area contributed by atoms with Gasteiger partial charge in [0.2, 0.25) is 0 Å². The summed E-state index contributed by atoms with van der Waals surface area (Å²) in [5.41, 5.74) is 11.5. The molecule has 29 heavy (non-hydrogen) atoms. The first-order valence-electron chi connectivity index (χ1n) is 8.97. The Labute approximate surface area is 179 Å². The Morgan fingerprint density at radius 2 is 1.55 bits per heavy atom. The van der Waals surface area contributed by atoms with E-state index in [0.29, 0.717) is 5.92 Å². The lowest BCUT2D eigenvalue weighted by molar-refractivity contribution is 0.620. The average molecular weight is 422 g/mol. The number of hydrogen-bond donors (Lipinski definition) is 3. The number of para-hydroxylation sites is 1. The molecule has 0 saturated carbocycles. The summed E-state index contributed by atoms with van der Waals surface area (Å²) in [6, 6.07) is 17.2. The van der Waals surface area contributed by atoms with Crippen LogP contribution in [-0.4, -0.2) is 21.5 Å². The van der Waals surface area contributed by atoms with E-state index < -0.39 is 10.5 Å². The largest absolute Gasteiger partial charge is 0.384 e. The summed E-state index contributed by atoms with van der Waals surface area (Å²) in [5.74, 6) is 1.37. The van der Waals surface area contributed by atoms with Crippen molar-refractivity contribution < 1.29 is 8.42 Å². The fraction of sp³-hybridized carbons (Fsp3) is 0.478. The number of hydrogen-bond acceptors (Lipinski definition) is 5. The highest BCUT2D eigenvalue weighted by molar-refractivity contribution is 7.60. The van der Waals surface area contributed by atoms with E-state index >= 15 is 0 Å². The molecule has 6 heteroatoms. The van der Waals surface area contributed by atoms with Crippen molar-refractivity contribution in [1.29, 1.82) is 4.78 Å². The second kappa shape index (κ2) is 14.8. The summed E-state index contributed by atoms with van der Waals surface area (Å²) in [4.78, 5) is 0. The van der Waals surface area contributed by atoms with Crippen molar-refractivity contribution in [2.75, 3.05) is 18.4 Å². The zero-order valence-corrected chi connectivity index (χ0v) is 15.9. The molecule has 0 saturated heterocycles. The second-order valence-electron chi connectivity index (χ2n) is 6.48. The second-order valence-corrected chi connectivity index (χ2v) is 6.95. The fourth-order valence-corrected chi connectivity index (χ4v) is 3.61. The molecule has 2 atom stereocenters. The quantitative estimate of drug-likeness (QED) is 0.569. The normalized spacial score (nSPS) is 17.0. The van der Waals surface area contributed by atoms with Gasteiger partial charge in [0.1, 0.15) is 0 Å². The topological polar surface area (TPSA) is 96.0 Å². The number of nitrogens with two attached hydrogens (primary N) is 1. The average Bonchev–Trinajstić information content (AvgIpc) is 3.25. The molecular formula is C23H39N3O2S. The molecule has 0 amide bonds. The third-order valence-corrected chi connectivity index (χ3v) is 4.97. The van der Waals surface area contributed by atoms with Gasteiger partial charge in [-0.05, 0) is 54.5 Å². The molecule has 1 aliphatic carbocycles. The van der Waals surface area contributed by atoms with Gasteiger partial charge in [-0.15, -0.1) is 0 Å². The summed E-state index contributed by atoms with van der Waals surface area (Å²) in [6.07, 6.45) is 3.71. The minimum Gasteiger partial charge on any atom is -0.384 e. The fourth-order valence-electron chi connectivity index (χ4n) is 3.61. The first-order chi connectivity index (χ1) is 12.6. The maximum absolute atomic E-state index is 8.67. The van der Waals surface area contributed by atoms with Crippen molar-refractivity contribution in [2.45, 2.75) is 60.3 Å². The van der Waals surface area contributed by atoms with Crippen molar-refractivity contribution >= 4 is 16.2 Å². The monoisotopic (exact) mass is 421 g/mol. The summed E-state index contributed by atoms with van der Waals surface area (Å²) >= 11 is 0. The van der Waals surface area contributed by atoms with Crippen molar-refractivity contribution in [3.63, 3.8) is 0 Å². The van der Waals surface area contributed by atoms with Crippen LogP contribution in [0.1, 0.15) is 70.6 Å². The molecule has 4 N–H and O–H groups in total. The molecule has 2 aromatic carbocycles. The highest BCUT2D eigenvalue weighted by atomic mass is 32.2. The van der Waals surface area contributed by atoms with E-state index in [2.05, 4.69) is 60.8 Å². The van der Waals surface area contributed by atoms with E-state index in [4.69, 9.17) is 18.9 Å². The number of rotatable bonds is 2. The SMILES string of the molecule is C.C.C.CCC1CNc2ccccc21.N=S(=O)=O.NCC1CCc2ccccc21. The zero-order chi connectivity index (χ0) is 18.9. The molecule has 2 unspecified atom stereocenters. The Morgan fingerprint density at radius 1 is 1.00 bits per heavy atom. The minimum absolute atomic E-state index is 0. The highest BCUT2D eigenvalue weighted by Gasteiger charge is 2.20. The van der Waals surface area contributed by atoms with Gasteiger partial charge in [-0.2, -0.15) is 13.2 Å². The van der Waals surface area contributed by atoms with Gasteiger partial charge in [-0.25, -0.2) is 0 Å². The molecule has 0 radical (unpaired) electrons. The van der Waals surface area contributed by atoms with Crippen LogP contribution in [0.3, 0.4) is 0 Å². The summed E-state index contributed by atoms with van der Waals surface area (Å²) in [5, 5.41) is 3.40. The molecule has 0 aromatic heterocycles. The molecule has 1 aliphatic heterocycles. The van der Waals surface area contributed by atoms with E-state index in [1.54, 1.807) is 0 Å². The van der Waals surface area contributed by atoms with Gasteiger partial charge in [0.25, 0.3) is 0 Å². The molecular weight excluding hydrogens is 382 g/mol. The van der Waals surface area contributed by atoms with Crippen LogP contribution in [-0.2, 0) is 16.9 Å². The number of fused-ring (bicyclic) bond motifs is 2. The number of anilines is 1. The molecule has 4 rings (SSSR count). The van der Waals surface area contributed by atoms with Crippen LogP contribution in [0.25, 0.3) is 0 Å². The molecule has 0 fully saturated rings. The summed E-state index contributed by atoms with van der Waals surface area (Å²) in [6.45, 7) is 4.17. The zero-order valence-electron chi connectivity index (χ0n) is 15.1. The maximum atomic E-state index is 8.67. The van der Waals surface area contributed by atoms with E-state index in [1.807, 2.05) is 0 Å². The third kappa shape index (κ3) is 8.38. The lowest BCUT2D eigenvalue weighted by Crippen LogP contribution is -2.08. The van der Waals surface area contributed by atoms with Crippen molar-refractivity contribution in [2.24, 2.45) is 5.73 Å². The standard InChI is InChI=1S/2C10H13N.3CH4.HNO2S/c1-2-8-7-11-10-6-4-3-5-9(8)10;11-7-9-6-5-8-3-1-2-4-10(8)9;;;;1-4(2)3/h3-6,8,11H,2,7H2,1H3;1-4,9H,5-7,11H2;3*1H4;1H. The van der Waals surface area contributed by atoms with Crippen LogP contribution in [0, 0.1) is 4.78 Å². The van der Waals surface area contributed by atoms with Crippen LogP contribution < -0.4 is 11.1 Å². The minimum atomic E-state index is -2.61. The molecule has 0 spiro atoms. The molecule has 2 aliphatic rings. The van der Waals surface area contributed by atoms with Crippen LogP contribution in [0.2, 0.25) is 0 Å². The first-order valence-corrected chi connectivity index (χ1v) is 10.0. The smallest absolute Gasteiger partial charge is 0.308 e. The van der Waals surface area contributed by atoms with Crippen LogP contribution in [0.5, 0.6) is 0 Å². The number of nitrogens with one attached hydrogen (secondary N) is 2. The first kappa shape index (κ1) is 29.0. The lowest BCUT2D eigenvalue weighted by Gasteiger charge is -2.06. The molecule has 2 aromatic rings.